The Balaban J connectivity index is 1.94. The molecule has 2 aliphatic rings. The van der Waals surface area contributed by atoms with Crippen LogP contribution in [-0.4, -0.2) is 47.7 Å². The fourth-order valence-corrected chi connectivity index (χ4v) is 1.49. The standard InChI is InChI=1S/C8H14N2O2/c11-7(8(12)1-2-8)10-5-3-9-4-6-10/h9,12H,1-6H2. The number of nitrogens with one attached hydrogen (secondary N) is 1. The summed E-state index contributed by atoms with van der Waals surface area (Å²) in [6.07, 6.45) is 1.30. The van der Waals surface area contributed by atoms with Crippen molar-refractivity contribution >= 4 is 5.91 Å². The van der Waals surface area contributed by atoms with E-state index in [0.717, 1.165) is 26.2 Å². The predicted molar refractivity (Wildman–Crippen MR) is 43.6 cm³/mol. The van der Waals surface area contributed by atoms with Gasteiger partial charge in [0.1, 0.15) is 5.60 Å². The van der Waals surface area contributed by atoms with E-state index in [0.29, 0.717) is 12.8 Å². The van der Waals surface area contributed by atoms with Gasteiger partial charge in [0.05, 0.1) is 0 Å². The van der Waals surface area contributed by atoms with Crippen molar-refractivity contribution in [2.75, 3.05) is 26.2 Å². The first-order valence-corrected chi connectivity index (χ1v) is 4.45. The summed E-state index contributed by atoms with van der Waals surface area (Å²) >= 11 is 0. The number of hydrogen-bond donors (Lipinski definition) is 2. The molecule has 0 aromatic carbocycles. The van der Waals surface area contributed by atoms with Crippen LogP contribution < -0.4 is 5.32 Å². The number of amides is 1. The zero-order valence-electron chi connectivity index (χ0n) is 7.05. The first kappa shape index (κ1) is 8.01. The number of carbonyl (C=O) groups is 1. The van der Waals surface area contributed by atoms with Gasteiger partial charge in [-0.3, -0.25) is 4.79 Å². The van der Waals surface area contributed by atoms with Crippen LogP contribution in [0.2, 0.25) is 0 Å². The fraction of sp³-hybridized carbons (Fsp3) is 0.875. The molecular formula is C8H14N2O2. The van der Waals surface area contributed by atoms with Gasteiger partial charge in [-0.15, -0.1) is 0 Å². The Morgan fingerprint density at radius 2 is 1.92 bits per heavy atom. The van der Waals surface area contributed by atoms with Crippen LogP contribution in [0.15, 0.2) is 0 Å². The molecule has 0 spiro atoms. The maximum Gasteiger partial charge on any atom is 0.254 e. The summed E-state index contributed by atoms with van der Waals surface area (Å²) in [4.78, 5) is 13.3. The van der Waals surface area contributed by atoms with Crippen LogP contribution in [0.25, 0.3) is 0 Å². The highest BCUT2D eigenvalue weighted by Crippen LogP contribution is 2.36. The third-order valence-electron chi connectivity index (χ3n) is 2.53. The monoisotopic (exact) mass is 170 g/mol. The number of nitrogens with zero attached hydrogens (tertiary/aromatic N) is 1. The number of rotatable bonds is 1. The largest absolute Gasteiger partial charge is 0.380 e. The van der Waals surface area contributed by atoms with Crippen molar-refractivity contribution in [1.29, 1.82) is 0 Å². The van der Waals surface area contributed by atoms with Gasteiger partial charge in [-0.1, -0.05) is 0 Å². The van der Waals surface area contributed by atoms with E-state index in [1.165, 1.54) is 0 Å². The second-order valence-corrected chi connectivity index (χ2v) is 3.57. The highest BCUT2D eigenvalue weighted by Gasteiger charge is 2.50. The summed E-state index contributed by atoms with van der Waals surface area (Å²) in [5, 5.41) is 12.7. The van der Waals surface area contributed by atoms with Crippen molar-refractivity contribution in [2.45, 2.75) is 18.4 Å². The van der Waals surface area contributed by atoms with E-state index in [9.17, 15) is 9.90 Å². The van der Waals surface area contributed by atoms with Gasteiger partial charge >= 0.3 is 0 Å². The van der Waals surface area contributed by atoms with Crippen LogP contribution >= 0.6 is 0 Å². The lowest BCUT2D eigenvalue weighted by atomic mass is 10.2. The molecule has 2 rings (SSSR count). The molecule has 4 heteroatoms. The smallest absolute Gasteiger partial charge is 0.254 e. The molecule has 2 fully saturated rings. The Hall–Kier alpha value is -0.610. The van der Waals surface area contributed by atoms with Crippen molar-refractivity contribution in [3.8, 4) is 0 Å². The van der Waals surface area contributed by atoms with Crippen LogP contribution in [0.5, 0.6) is 0 Å². The van der Waals surface area contributed by atoms with Crippen molar-refractivity contribution in [3.63, 3.8) is 0 Å². The minimum Gasteiger partial charge on any atom is -0.380 e. The lowest BCUT2D eigenvalue weighted by Gasteiger charge is -2.29. The Labute approximate surface area is 71.5 Å². The second-order valence-electron chi connectivity index (χ2n) is 3.57. The van der Waals surface area contributed by atoms with E-state index in [-0.39, 0.29) is 5.91 Å². The molecule has 0 aromatic rings. The Morgan fingerprint density at radius 3 is 2.42 bits per heavy atom. The van der Waals surface area contributed by atoms with E-state index in [1.807, 2.05) is 0 Å². The van der Waals surface area contributed by atoms with Crippen LogP contribution in [0, 0.1) is 0 Å². The van der Waals surface area contributed by atoms with Gasteiger partial charge in [0, 0.05) is 26.2 Å². The van der Waals surface area contributed by atoms with E-state index in [4.69, 9.17) is 0 Å². The molecule has 0 bridgehead atoms. The average molecular weight is 170 g/mol. The van der Waals surface area contributed by atoms with Crippen LogP contribution in [0.4, 0.5) is 0 Å². The van der Waals surface area contributed by atoms with Gasteiger partial charge in [-0.2, -0.15) is 0 Å². The number of carbonyl (C=O) groups excluding carboxylic acids is 1. The van der Waals surface area contributed by atoms with Crippen LogP contribution in [0.3, 0.4) is 0 Å². The zero-order valence-corrected chi connectivity index (χ0v) is 7.05. The lowest BCUT2D eigenvalue weighted by molar-refractivity contribution is -0.143. The third kappa shape index (κ3) is 1.32. The van der Waals surface area contributed by atoms with Crippen LogP contribution in [-0.2, 0) is 4.79 Å². The van der Waals surface area contributed by atoms with E-state index in [1.54, 1.807) is 4.90 Å². The zero-order chi connectivity index (χ0) is 8.60. The van der Waals surface area contributed by atoms with Crippen molar-refractivity contribution in [3.05, 3.63) is 0 Å². The molecule has 1 aliphatic heterocycles. The maximum atomic E-state index is 11.5. The number of aliphatic hydroxyl groups is 1. The average Bonchev–Trinajstić information content (AvgIpc) is 2.85. The topological polar surface area (TPSA) is 52.6 Å². The second kappa shape index (κ2) is 2.71. The minimum absolute atomic E-state index is 0.0657. The van der Waals surface area contributed by atoms with Crippen molar-refractivity contribution in [2.24, 2.45) is 0 Å². The van der Waals surface area contributed by atoms with Gasteiger partial charge in [-0.25, -0.2) is 0 Å². The first-order valence-electron chi connectivity index (χ1n) is 4.45. The summed E-state index contributed by atoms with van der Waals surface area (Å²) in [5.74, 6) is -0.0657. The third-order valence-corrected chi connectivity index (χ3v) is 2.53. The Kier molecular flexibility index (Phi) is 1.81. The van der Waals surface area contributed by atoms with Gasteiger partial charge in [0.2, 0.25) is 0 Å². The Bertz CT molecular complexity index is 195. The maximum absolute atomic E-state index is 11.5. The van der Waals surface area contributed by atoms with E-state index >= 15 is 0 Å². The summed E-state index contributed by atoms with van der Waals surface area (Å²) in [5.41, 5.74) is -0.975. The molecule has 12 heavy (non-hydrogen) atoms. The quantitative estimate of drug-likeness (QED) is 0.527. The van der Waals surface area contributed by atoms with Crippen molar-refractivity contribution in [1.82, 2.24) is 10.2 Å². The van der Waals surface area contributed by atoms with Gasteiger partial charge in [0.15, 0.2) is 0 Å². The minimum atomic E-state index is -0.975. The fourth-order valence-electron chi connectivity index (χ4n) is 1.49. The Morgan fingerprint density at radius 1 is 1.33 bits per heavy atom. The molecule has 1 saturated carbocycles. The predicted octanol–water partition coefficient (Wildman–Crippen LogP) is -1.06. The molecule has 4 nitrogen and oxygen atoms in total. The van der Waals surface area contributed by atoms with E-state index < -0.39 is 5.60 Å². The molecule has 1 saturated heterocycles. The molecule has 0 aromatic heterocycles. The van der Waals surface area contributed by atoms with Gasteiger partial charge in [-0.05, 0) is 12.8 Å². The molecule has 0 unspecified atom stereocenters. The lowest BCUT2D eigenvalue weighted by Crippen LogP contribution is -2.50. The van der Waals surface area contributed by atoms with Gasteiger partial charge in [0.25, 0.3) is 5.91 Å². The molecule has 0 atom stereocenters. The SMILES string of the molecule is O=C(N1CCNCC1)C1(O)CC1. The molecule has 1 aliphatic carbocycles. The van der Waals surface area contributed by atoms with Crippen molar-refractivity contribution < 1.29 is 9.90 Å². The molecule has 68 valence electrons. The molecular weight excluding hydrogens is 156 g/mol. The summed E-state index contributed by atoms with van der Waals surface area (Å²) in [6.45, 7) is 3.17. The number of hydrogen-bond acceptors (Lipinski definition) is 3. The summed E-state index contributed by atoms with van der Waals surface area (Å²) in [7, 11) is 0. The highest BCUT2D eigenvalue weighted by atomic mass is 16.3. The van der Waals surface area contributed by atoms with Gasteiger partial charge < -0.3 is 15.3 Å². The summed E-state index contributed by atoms with van der Waals surface area (Å²) < 4.78 is 0. The van der Waals surface area contributed by atoms with E-state index in [2.05, 4.69) is 5.32 Å². The summed E-state index contributed by atoms with van der Waals surface area (Å²) in [6, 6.07) is 0. The molecule has 2 N–H and O–H groups in total. The van der Waals surface area contributed by atoms with Crippen LogP contribution in [0.1, 0.15) is 12.8 Å². The first-order chi connectivity index (χ1) is 5.72. The highest BCUT2D eigenvalue weighted by molar-refractivity contribution is 5.87. The molecule has 1 heterocycles. The normalized spacial score (nSPS) is 26.9. The molecule has 1 amide bonds. The number of piperazine rings is 1. The molecule has 0 radical (unpaired) electrons.